The number of nitrogens with one attached hydrogen (secondary N) is 2. The van der Waals surface area contributed by atoms with Gasteiger partial charge in [-0.2, -0.15) is 0 Å². The lowest BCUT2D eigenvalue weighted by atomic mass is 9.88. The van der Waals surface area contributed by atoms with Gasteiger partial charge in [0.25, 0.3) is 0 Å². The second-order valence-corrected chi connectivity index (χ2v) is 3.53. The Morgan fingerprint density at radius 1 is 1.43 bits per heavy atom. The van der Waals surface area contributed by atoms with E-state index in [0.717, 1.165) is 19.5 Å². The molecule has 2 heterocycles. The van der Waals surface area contributed by atoms with E-state index >= 15 is 0 Å². The van der Waals surface area contributed by atoms with E-state index in [1.165, 1.54) is 0 Å². The van der Waals surface area contributed by atoms with Crippen molar-refractivity contribution in [3.63, 3.8) is 0 Å². The molecule has 0 spiro atoms. The van der Waals surface area contributed by atoms with Gasteiger partial charge in [0.15, 0.2) is 0 Å². The van der Waals surface area contributed by atoms with Crippen LogP contribution in [0.1, 0.15) is 13.3 Å². The van der Waals surface area contributed by atoms with Gasteiger partial charge in [-0.15, -0.1) is 30.4 Å². The van der Waals surface area contributed by atoms with E-state index in [-0.39, 0.29) is 30.9 Å². The number of halogens is 2. The Bertz CT molecular complexity index is 191. The molecule has 6 heteroatoms. The number of nitrogens with zero attached hydrogens (tertiary/aromatic N) is 1. The SMILES string of the molecule is CC1C=NCC2CCNNOC12.Cl.Cl. The summed E-state index contributed by atoms with van der Waals surface area (Å²) in [6, 6.07) is 0. The van der Waals surface area contributed by atoms with Gasteiger partial charge in [-0.1, -0.05) is 6.92 Å². The molecule has 0 aromatic rings. The Labute approximate surface area is 96.6 Å². The van der Waals surface area contributed by atoms with E-state index in [1.54, 1.807) is 0 Å². The summed E-state index contributed by atoms with van der Waals surface area (Å²) in [5, 5.41) is 0. The predicted octanol–water partition coefficient (Wildman–Crippen LogP) is 0.965. The summed E-state index contributed by atoms with van der Waals surface area (Å²) < 4.78 is 0. The number of hydrogen-bond donors (Lipinski definition) is 2. The monoisotopic (exact) mass is 241 g/mol. The molecule has 3 unspecified atom stereocenters. The van der Waals surface area contributed by atoms with Crippen LogP contribution in [0.2, 0.25) is 0 Å². The molecule has 2 N–H and O–H groups in total. The third kappa shape index (κ3) is 3.07. The van der Waals surface area contributed by atoms with Gasteiger partial charge >= 0.3 is 0 Å². The van der Waals surface area contributed by atoms with Gasteiger partial charge in [-0.05, 0) is 6.42 Å². The number of rotatable bonds is 0. The number of hydrogen-bond acceptors (Lipinski definition) is 4. The quantitative estimate of drug-likeness (QED) is 0.665. The van der Waals surface area contributed by atoms with Gasteiger partial charge in [0.2, 0.25) is 0 Å². The molecule has 2 rings (SSSR count). The van der Waals surface area contributed by atoms with Gasteiger partial charge in [0.1, 0.15) is 0 Å². The molecule has 1 saturated heterocycles. The average Bonchev–Trinajstić information content (AvgIpc) is 2.30. The van der Waals surface area contributed by atoms with Crippen molar-refractivity contribution in [1.82, 2.24) is 11.0 Å². The highest BCUT2D eigenvalue weighted by Gasteiger charge is 2.31. The van der Waals surface area contributed by atoms with Crippen LogP contribution in [0.25, 0.3) is 0 Å². The van der Waals surface area contributed by atoms with Gasteiger partial charge in [-0.25, -0.2) is 5.43 Å². The van der Waals surface area contributed by atoms with Crippen molar-refractivity contribution in [1.29, 1.82) is 0 Å². The largest absolute Gasteiger partial charge is 0.297 e. The molecule has 1 fully saturated rings. The number of hydrazine groups is 1. The highest BCUT2D eigenvalue weighted by Crippen LogP contribution is 2.23. The maximum absolute atomic E-state index is 5.47. The molecule has 14 heavy (non-hydrogen) atoms. The van der Waals surface area contributed by atoms with Crippen molar-refractivity contribution in [2.24, 2.45) is 16.8 Å². The summed E-state index contributed by atoms with van der Waals surface area (Å²) >= 11 is 0. The summed E-state index contributed by atoms with van der Waals surface area (Å²) in [7, 11) is 0. The van der Waals surface area contributed by atoms with E-state index in [1.807, 2.05) is 6.21 Å². The van der Waals surface area contributed by atoms with E-state index < -0.39 is 0 Å². The lowest BCUT2D eigenvalue weighted by molar-refractivity contribution is -0.0720. The first-order valence-electron chi connectivity index (χ1n) is 4.51. The fourth-order valence-electron chi connectivity index (χ4n) is 1.86. The molecule has 4 nitrogen and oxygen atoms in total. The zero-order valence-electron chi connectivity index (χ0n) is 8.10. The van der Waals surface area contributed by atoms with Crippen molar-refractivity contribution in [3.05, 3.63) is 0 Å². The van der Waals surface area contributed by atoms with Crippen LogP contribution in [0.4, 0.5) is 0 Å². The van der Waals surface area contributed by atoms with Crippen LogP contribution in [0.5, 0.6) is 0 Å². The highest BCUT2D eigenvalue weighted by molar-refractivity contribution is 5.85. The Morgan fingerprint density at radius 2 is 2.21 bits per heavy atom. The zero-order valence-corrected chi connectivity index (χ0v) is 9.74. The average molecular weight is 242 g/mol. The minimum absolute atomic E-state index is 0. The lowest BCUT2D eigenvalue weighted by Gasteiger charge is -2.29. The minimum atomic E-state index is 0. The lowest BCUT2D eigenvalue weighted by Crippen LogP contribution is -2.39. The first-order chi connectivity index (χ1) is 5.88. The summed E-state index contributed by atoms with van der Waals surface area (Å²) in [4.78, 5) is 9.79. The van der Waals surface area contributed by atoms with Crippen LogP contribution >= 0.6 is 24.8 Å². The molecule has 0 amide bonds. The molecule has 0 radical (unpaired) electrons. The molecular weight excluding hydrogens is 225 g/mol. The molecule has 0 bridgehead atoms. The molecule has 0 aliphatic carbocycles. The summed E-state index contributed by atoms with van der Waals surface area (Å²) in [5.41, 5.74) is 5.76. The van der Waals surface area contributed by atoms with E-state index in [9.17, 15) is 0 Å². The third-order valence-electron chi connectivity index (χ3n) is 2.57. The molecule has 0 aromatic heterocycles. The zero-order chi connectivity index (χ0) is 8.39. The fourth-order valence-corrected chi connectivity index (χ4v) is 1.86. The normalized spacial score (nSPS) is 35.9. The maximum Gasteiger partial charge on any atom is 0.0927 e. The molecular formula is C8H17Cl2N3O. The fraction of sp³-hybridized carbons (Fsp3) is 0.875. The molecule has 0 saturated carbocycles. The van der Waals surface area contributed by atoms with E-state index in [4.69, 9.17) is 4.84 Å². The summed E-state index contributed by atoms with van der Waals surface area (Å²) in [6.07, 6.45) is 3.42. The van der Waals surface area contributed by atoms with Crippen LogP contribution in [0.15, 0.2) is 4.99 Å². The topological polar surface area (TPSA) is 45.7 Å². The maximum atomic E-state index is 5.47. The second kappa shape index (κ2) is 6.58. The summed E-state index contributed by atoms with van der Waals surface area (Å²) in [5.74, 6) is 1.00. The molecule has 84 valence electrons. The van der Waals surface area contributed by atoms with Crippen molar-refractivity contribution in [2.45, 2.75) is 19.4 Å². The Balaban J connectivity index is 0.000000845. The van der Waals surface area contributed by atoms with Crippen molar-refractivity contribution >= 4 is 31.0 Å². The van der Waals surface area contributed by atoms with E-state index in [0.29, 0.717) is 11.8 Å². The highest BCUT2D eigenvalue weighted by atomic mass is 35.5. The van der Waals surface area contributed by atoms with Crippen LogP contribution in [0, 0.1) is 11.8 Å². The standard InChI is InChI=1S/C8H15N3O.2ClH/c1-6-4-9-5-7-2-3-10-11-12-8(6)7;;/h4,6-8,10-11H,2-3,5H2,1H3;2*1H. The van der Waals surface area contributed by atoms with Crippen LogP contribution in [-0.4, -0.2) is 25.4 Å². The van der Waals surface area contributed by atoms with Crippen LogP contribution < -0.4 is 11.0 Å². The number of fused-ring (bicyclic) bond motifs is 1. The second-order valence-electron chi connectivity index (χ2n) is 3.53. The Hall–Kier alpha value is 0.130. The summed E-state index contributed by atoms with van der Waals surface area (Å²) in [6.45, 7) is 4.02. The molecule has 0 aromatic carbocycles. The van der Waals surface area contributed by atoms with Crippen LogP contribution in [0.3, 0.4) is 0 Å². The molecule has 3 atom stereocenters. The van der Waals surface area contributed by atoms with Crippen molar-refractivity contribution < 1.29 is 4.84 Å². The Morgan fingerprint density at radius 3 is 3.00 bits per heavy atom. The van der Waals surface area contributed by atoms with E-state index in [2.05, 4.69) is 22.9 Å². The van der Waals surface area contributed by atoms with Gasteiger partial charge < -0.3 is 0 Å². The minimum Gasteiger partial charge on any atom is -0.297 e. The van der Waals surface area contributed by atoms with Crippen LogP contribution in [-0.2, 0) is 4.84 Å². The predicted molar refractivity (Wildman–Crippen MR) is 61.1 cm³/mol. The Kier molecular flexibility index (Phi) is 6.64. The number of aliphatic imine (C=N–C) groups is 1. The van der Waals surface area contributed by atoms with Gasteiger partial charge in [0, 0.05) is 31.1 Å². The van der Waals surface area contributed by atoms with Gasteiger partial charge in [0.05, 0.1) is 6.10 Å². The first kappa shape index (κ1) is 14.1. The first-order valence-corrected chi connectivity index (χ1v) is 4.51. The third-order valence-corrected chi connectivity index (χ3v) is 2.57. The smallest absolute Gasteiger partial charge is 0.0927 e. The van der Waals surface area contributed by atoms with Crippen molar-refractivity contribution in [3.8, 4) is 0 Å². The van der Waals surface area contributed by atoms with Crippen molar-refractivity contribution in [2.75, 3.05) is 13.1 Å². The van der Waals surface area contributed by atoms with Gasteiger partial charge in [-0.3, -0.25) is 9.83 Å². The molecule has 2 aliphatic heterocycles. The molecule has 2 aliphatic rings.